The van der Waals surface area contributed by atoms with Crippen molar-refractivity contribution in [2.24, 2.45) is 0 Å². The zero-order chi connectivity index (χ0) is 96.8. The molecule has 23 aromatic carbocycles. The molecular formula is C139H92N8. The molecule has 147 heavy (non-hydrogen) atoms. The van der Waals surface area contributed by atoms with Crippen molar-refractivity contribution in [3.05, 3.63) is 533 Å². The van der Waals surface area contributed by atoms with Crippen LogP contribution < -0.4 is 14.7 Å². The Morgan fingerprint density at radius 2 is 0.476 bits per heavy atom. The lowest BCUT2D eigenvalue weighted by molar-refractivity contribution is 0.660. The zero-order valence-corrected chi connectivity index (χ0v) is 80.7. The Kier molecular flexibility index (Phi) is 18.7. The third-order valence-corrected chi connectivity index (χ3v) is 31.6. The van der Waals surface area contributed by atoms with Gasteiger partial charge in [0.25, 0.3) is 0 Å². The number of nitrogens with zero attached hydrogens (tertiary/aromatic N) is 8. The summed E-state index contributed by atoms with van der Waals surface area (Å²) >= 11 is 0. The minimum atomic E-state index is -0.0796. The van der Waals surface area contributed by atoms with E-state index in [1.54, 1.807) is 0 Å². The molecule has 0 radical (unpaired) electrons. The maximum atomic E-state index is 2.50. The largest absolute Gasteiger partial charge is 0.311 e. The zero-order valence-electron chi connectivity index (χ0n) is 80.7. The predicted octanol–water partition coefficient (Wildman–Crippen LogP) is 37.8. The molecule has 0 amide bonds. The predicted molar refractivity (Wildman–Crippen MR) is 621 cm³/mol. The van der Waals surface area contributed by atoms with Gasteiger partial charge in [-0.25, -0.2) is 0 Å². The van der Waals surface area contributed by atoms with Gasteiger partial charge in [-0.1, -0.05) is 341 Å². The van der Waals surface area contributed by atoms with E-state index < -0.39 is 0 Å². The fourth-order valence-electron chi connectivity index (χ4n) is 25.3. The molecule has 0 fully saturated rings. The molecule has 0 N–H and O–H groups in total. The third kappa shape index (κ3) is 12.6. The summed E-state index contributed by atoms with van der Waals surface area (Å²) in [6.45, 7) is 4.70. The monoisotopic (exact) mass is 1870 g/mol. The minimum Gasteiger partial charge on any atom is -0.311 e. The number of hydrogen-bond donors (Lipinski definition) is 0. The molecule has 0 aliphatic heterocycles. The van der Waals surface area contributed by atoms with Gasteiger partial charge in [-0.3, -0.25) is 0 Å². The van der Waals surface area contributed by atoms with Crippen molar-refractivity contribution < 1.29 is 0 Å². The first-order valence-electron chi connectivity index (χ1n) is 50.9. The molecule has 0 saturated heterocycles. The molecule has 32 rings (SSSR count). The van der Waals surface area contributed by atoms with E-state index >= 15 is 0 Å². The van der Waals surface area contributed by atoms with Crippen molar-refractivity contribution >= 4 is 204 Å². The molecule has 0 unspecified atom stereocenters. The average molecular weight is 1870 g/mol. The molecule has 688 valence electrons. The topological polar surface area (TPSA) is 33.3 Å². The molecule has 7 heterocycles. The molecule has 8 heteroatoms. The van der Waals surface area contributed by atoms with Gasteiger partial charge in [-0.2, -0.15) is 0 Å². The number of para-hydroxylation sites is 9. The number of rotatable bonds is 13. The molecule has 2 aliphatic rings. The fourth-order valence-corrected chi connectivity index (χ4v) is 25.3. The van der Waals surface area contributed by atoms with Crippen LogP contribution in [0.5, 0.6) is 0 Å². The van der Waals surface area contributed by atoms with Crippen molar-refractivity contribution in [2.75, 3.05) is 14.7 Å². The first-order chi connectivity index (χ1) is 72.8. The molecular weight excluding hydrogens is 1780 g/mol. The fraction of sp³-hybridized carbons (Fsp3) is 0.0216. The van der Waals surface area contributed by atoms with Gasteiger partial charge < -0.3 is 37.2 Å². The van der Waals surface area contributed by atoms with Crippen LogP contribution in [0.3, 0.4) is 0 Å². The Hall–Kier alpha value is -19.3. The van der Waals surface area contributed by atoms with Crippen LogP contribution in [0.15, 0.2) is 522 Å². The van der Waals surface area contributed by atoms with E-state index in [9.17, 15) is 0 Å². The molecule has 0 bridgehead atoms. The lowest BCUT2D eigenvalue weighted by Crippen LogP contribution is -2.16. The second-order valence-corrected chi connectivity index (χ2v) is 39.7. The first kappa shape index (κ1) is 83.5. The normalized spacial score (nSPS) is 12.5. The molecule has 7 aromatic heterocycles. The highest BCUT2D eigenvalue weighted by Gasteiger charge is 2.37. The van der Waals surface area contributed by atoms with Gasteiger partial charge in [0.1, 0.15) is 0 Å². The van der Waals surface area contributed by atoms with Crippen LogP contribution in [0.25, 0.3) is 214 Å². The van der Waals surface area contributed by atoms with Gasteiger partial charge in [0.15, 0.2) is 0 Å². The van der Waals surface area contributed by atoms with Crippen molar-refractivity contribution in [3.8, 4) is 61.6 Å². The second kappa shape index (κ2) is 32.9. The van der Waals surface area contributed by atoms with E-state index in [-0.39, 0.29) is 5.41 Å². The van der Waals surface area contributed by atoms with E-state index in [1.165, 1.54) is 208 Å². The smallest absolute Gasteiger partial charge is 0.0641 e. The molecule has 30 aromatic rings. The van der Waals surface area contributed by atoms with Crippen LogP contribution >= 0.6 is 0 Å². The van der Waals surface area contributed by atoms with Crippen LogP contribution in [0.4, 0.5) is 51.2 Å². The van der Waals surface area contributed by atoms with Crippen LogP contribution in [-0.4, -0.2) is 22.5 Å². The highest BCUT2D eigenvalue weighted by Crippen LogP contribution is 2.57. The minimum absolute atomic E-state index is 0.0796. The highest BCUT2D eigenvalue weighted by atomic mass is 15.2. The van der Waals surface area contributed by atoms with Crippen LogP contribution in [0.2, 0.25) is 0 Å². The van der Waals surface area contributed by atoms with Gasteiger partial charge >= 0.3 is 0 Å². The SMILES string of the molecule is CC1(C)c2ccccc2-c2ccc(N(c3ccccc3)c3ccc(-n4c5cccc6c7ccccc7n7c8ccccc8c8ccc4c(c65)c87)cc3)cc21.c1ccc(-c2ccc(N(c3ccccc3)c3ccc(-n4c5cccc6c7ccccc7n7c8ccccc8c8ccc4c(c65)c87)cc3)cc2)cc1.c1ccc(N(c2ccccc2)c2cc3c4c5c(cccc25)-c2ccccc2-c2cccc(c24)n3-c2ccccc2)cc1. The summed E-state index contributed by atoms with van der Waals surface area (Å²) in [6, 6.07) is 190. The summed E-state index contributed by atoms with van der Waals surface area (Å²) in [5, 5.41) is 20.6. The van der Waals surface area contributed by atoms with Crippen LogP contribution in [-0.2, 0) is 5.41 Å². The second-order valence-electron chi connectivity index (χ2n) is 39.7. The van der Waals surface area contributed by atoms with E-state index in [4.69, 9.17) is 0 Å². The Balaban J connectivity index is 0.000000103. The van der Waals surface area contributed by atoms with E-state index in [1.807, 2.05) is 0 Å². The summed E-state index contributed by atoms with van der Waals surface area (Å²) in [7, 11) is 0. The van der Waals surface area contributed by atoms with Crippen molar-refractivity contribution in [3.63, 3.8) is 0 Å². The van der Waals surface area contributed by atoms with Crippen molar-refractivity contribution in [1.29, 1.82) is 0 Å². The maximum absolute atomic E-state index is 2.50. The van der Waals surface area contributed by atoms with Crippen molar-refractivity contribution in [1.82, 2.24) is 22.5 Å². The van der Waals surface area contributed by atoms with Crippen LogP contribution in [0.1, 0.15) is 25.0 Å². The quantitative estimate of drug-likeness (QED) is 0.115. The third-order valence-electron chi connectivity index (χ3n) is 31.6. The number of anilines is 9. The molecule has 2 aliphatic carbocycles. The Bertz CT molecular complexity index is 10500. The maximum Gasteiger partial charge on any atom is 0.0641 e. The van der Waals surface area contributed by atoms with Gasteiger partial charge in [-0.15, -0.1) is 0 Å². The number of benzene rings is 23. The summed E-state index contributed by atoms with van der Waals surface area (Å²) in [5.74, 6) is 0. The van der Waals surface area contributed by atoms with Gasteiger partial charge in [0.05, 0.1) is 71.9 Å². The van der Waals surface area contributed by atoms with Crippen molar-refractivity contribution in [2.45, 2.75) is 19.3 Å². The first-order valence-corrected chi connectivity index (χ1v) is 50.9. The summed E-state index contributed by atoms with van der Waals surface area (Å²) in [5.41, 5.74) is 41.3. The standard InChI is InChI=1S/C51H35N3.C48H31N3.C40H26N2/c1-51(2)42-19-9-6-15-36(42)37-28-27-35(31-43(37)51)52(32-13-4-3-5-14-32)33-23-25-34(26-24-33)53-46-22-12-18-40-38-16-7-10-20-44(38)54-45-21-11-8-17-39(45)41-29-30-47(53)49(48(40)46)50(41)54;1-3-12-32(13-4-1)33-22-24-35(25-23-33)49(34-14-5-2-6-15-34)36-26-28-37(29-27-36)50-44-21-11-18-40-38-16-7-9-19-42(38)51-43-20-10-8-17-39(43)41-30-31-45(50)47(46(40)44)48(41)51;1-4-14-27(15-5-1)41(28-16-6-2-7-17-28)36-26-37-40-38-32(22-12-24-34(36)38)30-20-10-11-21-31(30)33-23-13-25-35(39(33)40)42(37)29-18-8-3-9-19-29/h3-31H,1-2H3;1-31H;1-26H. The Labute approximate surface area is 848 Å². The summed E-state index contributed by atoms with van der Waals surface area (Å²) in [4.78, 5) is 7.13. The van der Waals surface area contributed by atoms with E-state index in [2.05, 4.69) is 573 Å². The van der Waals surface area contributed by atoms with Crippen LogP contribution in [0, 0.1) is 0 Å². The molecule has 0 saturated carbocycles. The highest BCUT2D eigenvalue weighted by molar-refractivity contribution is 6.37. The molecule has 0 atom stereocenters. The molecule has 8 nitrogen and oxygen atoms in total. The van der Waals surface area contributed by atoms with E-state index in [0.717, 1.165) is 68.2 Å². The Morgan fingerprint density at radius 1 is 0.163 bits per heavy atom. The van der Waals surface area contributed by atoms with Gasteiger partial charge in [-0.05, 0) is 261 Å². The van der Waals surface area contributed by atoms with E-state index in [0.29, 0.717) is 0 Å². The number of fused-ring (bicyclic) bond motifs is 18. The summed E-state index contributed by atoms with van der Waals surface area (Å²) in [6.07, 6.45) is 0. The molecule has 0 spiro atoms. The lowest BCUT2D eigenvalue weighted by atomic mass is 9.82. The lowest BCUT2D eigenvalue weighted by Gasteiger charge is -2.28. The van der Waals surface area contributed by atoms with Gasteiger partial charge in [0, 0.05) is 143 Å². The number of aromatic nitrogens is 5. The Morgan fingerprint density at radius 3 is 0.966 bits per heavy atom. The summed E-state index contributed by atoms with van der Waals surface area (Å²) < 4.78 is 12.4. The number of hydrogen-bond acceptors (Lipinski definition) is 3. The van der Waals surface area contributed by atoms with Gasteiger partial charge in [0.2, 0.25) is 0 Å². The average Bonchev–Trinajstić information content (AvgIpc) is 1.53.